The van der Waals surface area contributed by atoms with E-state index in [1.54, 1.807) is 30.6 Å². The third-order valence-electron chi connectivity index (χ3n) is 4.38. The number of rotatable bonds is 8. The first-order valence-corrected chi connectivity index (χ1v) is 9.24. The lowest BCUT2D eigenvalue weighted by molar-refractivity contribution is 0.190. The highest BCUT2D eigenvalue weighted by Gasteiger charge is 2.16. The number of carbonyl (C=O) groups is 1. The highest BCUT2D eigenvalue weighted by atomic mass is 16.5. The molecule has 0 aliphatic carbocycles. The molecule has 0 saturated carbocycles. The Kier molecular flexibility index (Phi) is 6.62. The molecule has 1 aromatic carbocycles. The standard InChI is InChI=1S/C21H25N5O2/c1-3-23-21(27)26(15-18-8-10-22-11-9-18)16-20-24-12-13-25(20)14-17-4-6-19(28-2)7-5-17/h4-13H,3,14-16H2,1-2H3,(H,23,27). The first-order valence-electron chi connectivity index (χ1n) is 9.24. The van der Waals surface area contributed by atoms with E-state index >= 15 is 0 Å². The van der Waals surface area contributed by atoms with Crippen molar-refractivity contribution in [3.8, 4) is 5.75 Å². The van der Waals surface area contributed by atoms with Gasteiger partial charge in [0.1, 0.15) is 11.6 Å². The molecule has 0 bridgehead atoms. The Hall–Kier alpha value is -3.35. The second-order valence-corrected chi connectivity index (χ2v) is 6.37. The smallest absolute Gasteiger partial charge is 0.318 e. The molecule has 2 heterocycles. The zero-order valence-corrected chi connectivity index (χ0v) is 16.2. The highest BCUT2D eigenvalue weighted by Crippen LogP contribution is 2.14. The van der Waals surface area contributed by atoms with Gasteiger partial charge in [-0.3, -0.25) is 4.98 Å². The van der Waals surface area contributed by atoms with Gasteiger partial charge in [0.15, 0.2) is 0 Å². The predicted octanol–water partition coefficient (Wildman–Crippen LogP) is 3.07. The Labute approximate surface area is 165 Å². The second kappa shape index (κ2) is 9.55. The number of methoxy groups -OCH3 is 1. The van der Waals surface area contributed by atoms with Gasteiger partial charge >= 0.3 is 6.03 Å². The Morgan fingerprint density at radius 2 is 1.82 bits per heavy atom. The molecule has 0 aliphatic heterocycles. The number of urea groups is 1. The van der Waals surface area contributed by atoms with E-state index < -0.39 is 0 Å². The van der Waals surface area contributed by atoms with Crippen LogP contribution >= 0.6 is 0 Å². The predicted molar refractivity (Wildman–Crippen MR) is 107 cm³/mol. The minimum atomic E-state index is -0.113. The molecule has 0 atom stereocenters. The summed E-state index contributed by atoms with van der Waals surface area (Å²) in [5.41, 5.74) is 2.16. The van der Waals surface area contributed by atoms with Crippen LogP contribution in [0.2, 0.25) is 0 Å². The van der Waals surface area contributed by atoms with Crippen LogP contribution in [0.25, 0.3) is 0 Å². The van der Waals surface area contributed by atoms with Crippen LogP contribution in [0, 0.1) is 0 Å². The maximum atomic E-state index is 12.6. The molecule has 0 spiro atoms. The van der Waals surface area contributed by atoms with E-state index in [1.807, 2.05) is 49.5 Å². The number of imidazole rings is 1. The van der Waals surface area contributed by atoms with Crippen molar-refractivity contribution in [2.75, 3.05) is 13.7 Å². The zero-order chi connectivity index (χ0) is 19.8. The lowest BCUT2D eigenvalue weighted by Crippen LogP contribution is -2.39. The van der Waals surface area contributed by atoms with Crippen molar-refractivity contribution in [1.82, 2.24) is 24.8 Å². The summed E-state index contributed by atoms with van der Waals surface area (Å²) in [4.78, 5) is 22.8. The minimum Gasteiger partial charge on any atom is -0.497 e. The molecule has 3 rings (SSSR count). The molecule has 2 aromatic heterocycles. The lowest BCUT2D eigenvalue weighted by Gasteiger charge is -2.23. The fourth-order valence-electron chi connectivity index (χ4n) is 2.91. The molecule has 0 saturated heterocycles. The van der Waals surface area contributed by atoms with Gasteiger partial charge in [0, 0.05) is 44.4 Å². The SMILES string of the molecule is CCNC(=O)N(Cc1ccncc1)Cc1nccn1Cc1ccc(OC)cc1. The summed E-state index contributed by atoms with van der Waals surface area (Å²) in [7, 11) is 1.65. The summed E-state index contributed by atoms with van der Waals surface area (Å²) in [5.74, 6) is 1.66. The molecule has 0 radical (unpaired) electrons. The molecule has 146 valence electrons. The summed E-state index contributed by atoms with van der Waals surface area (Å²) < 4.78 is 7.27. The van der Waals surface area contributed by atoms with Crippen LogP contribution in [0.15, 0.2) is 61.2 Å². The van der Waals surface area contributed by atoms with Gasteiger partial charge in [-0.1, -0.05) is 12.1 Å². The van der Waals surface area contributed by atoms with E-state index in [4.69, 9.17) is 4.74 Å². The molecule has 0 unspecified atom stereocenters. The number of benzene rings is 1. The summed E-state index contributed by atoms with van der Waals surface area (Å²) in [6.45, 7) is 4.07. The van der Waals surface area contributed by atoms with E-state index in [1.165, 1.54) is 0 Å². The van der Waals surface area contributed by atoms with Crippen LogP contribution in [0.5, 0.6) is 5.75 Å². The third-order valence-corrected chi connectivity index (χ3v) is 4.38. The van der Waals surface area contributed by atoms with E-state index in [0.717, 1.165) is 22.7 Å². The van der Waals surface area contributed by atoms with Crippen LogP contribution < -0.4 is 10.1 Å². The van der Waals surface area contributed by atoms with E-state index in [2.05, 4.69) is 19.9 Å². The van der Waals surface area contributed by atoms with Crippen molar-refractivity contribution in [3.63, 3.8) is 0 Å². The van der Waals surface area contributed by atoms with Gasteiger partial charge in [0.05, 0.1) is 13.7 Å². The number of hydrogen-bond donors (Lipinski definition) is 1. The summed E-state index contributed by atoms with van der Waals surface area (Å²) in [5, 5.41) is 2.88. The number of ether oxygens (including phenoxy) is 1. The molecular formula is C21H25N5O2. The molecule has 2 amide bonds. The minimum absolute atomic E-state index is 0.113. The van der Waals surface area contributed by atoms with Gasteiger partial charge < -0.3 is 19.5 Å². The molecule has 0 aliphatic rings. The van der Waals surface area contributed by atoms with Crippen LogP contribution in [0.3, 0.4) is 0 Å². The number of nitrogens with zero attached hydrogens (tertiary/aromatic N) is 4. The van der Waals surface area contributed by atoms with Gasteiger partial charge in [-0.15, -0.1) is 0 Å². The van der Waals surface area contributed by atoms with Crippen molar-refractivity contribution >= 4 is 6.03 Å². The van der Waals surface area contributed by atoms with Crippen LogP contribution in [0.1, 0.15) is 23.9 Å². The lowest BCUT2D eigenvalue weighted by atomic mass is 10.2. The fourth-order valence-corrected chi connectivity index (χ4v) is 2.91. The number of aromatic nitrogens is 3. The Morgan fingerprint density at radius 3 is 2.50 bits per heavy atom. The molecule has 7 nitrogen and oxygen atoms in total. The quantitative estimate of drug-likeness (QED) is 0.653. The first-order chi connectivity index (χ1) is 13.7. The third kappa shape index (κ3) is 5.09. The zero-order valence-electron chi connectivity index (χ0n) is 16.2. The second-order valence-electron chi connectivity index (χ2n) is 6.37. The summed E-state index contributed by atoms with van der Waals surface area (Å²) >= 11 is 0. The molecule has 0 fully saturated rings. The van der Waals surface area contributed by atoms with Gasteiger partial charge in [0.25, 0.3) is 0 Å². The Morgan fingerprint density at radius 1 is 1.07 bits per heavy atom. The van der Waals surface area contributed by atoms with Crippen molar-refractivity contribution in [1.29, 1.82) is 0 Å². The van der Waals surface area contributed by atoms with Gasteiger partial charge in [-0.25, -0.2) is 9.78 Å². The number of nitrogens with one attached hydrogen (secondary N) is 1. The molecular weight excluding hydrogens is 354 g/mol. The Bertz CT molecular complexity index is 877. The van der Waals surface area contributed by atoms with Gasteiger partial charge in [-0.2, -0.15) is 0 Å². The van der Waals surface area contributed by atoms with E-state index in [9.17, 15) is 4.79 Å². The maximum Gasteiger partial charge on any atom is 0.318 e. The monoisotopic (exact) mass is 379 g/mol. The molecule has 28 heavy (non-hydrogen) atoms. The van der Waals surface area contributed by atoms with Gasteiger partial charge in [-0.05, 0) is 42.3 Å². The average molecular weight is 379 g/mol. The van der Waals surface area contributed by atoms with Gasteiger partial charge in [0.2, 0.25) is 0 Å². The molecule has 3 aromatic rings. The summed E-state index contributed by atoms with van der Waals surface area (Å²) in [6.07, 6.45) is 7.16. The maximum absolute atomic E-state index is 12.6. The largest absolute Gasteiger partial charge is 0.497 e. The average Bonchev–Trinajstić information content (AvgIpc) is 3.15. The van der Waals surface area contributed by atoms with Crippen molar-refractivity contribution < 1.29 is 9.53 Å². The highest BCUT2D eigenvalue weighted by molar-refractivity contribution is 5.74. The fraction of sp³-hybridized carbons (Fsp3) is 0.286. The van der Waals surface area contributed by atoms with Crippen molar-refractivity contribution in [2.45, 2.75) is 26.6 Å². The summed E-state index contributed by atoms with van der Waals surface area (Å²) in [6, 6.07) is 11.7. The van der Waals surface area contributed by atoms with Crippen molar-refractivity contribution in [3.05, 3.63) is 78.1 Å². The van der Waals surface area contributed by atoms with Crippen molar-refractivity contribution in [2.24, 2.45) is 0 Å². The number of pyridine rings is 1. The number of hydrogen-bond acceptors (Lipinski definition) is 4. The number of carbonyl (C=O) groups excluding carboxylic acids is 1. The van der Waals surface area contributed by atoms with Crippen LogP contribution in [0.4, 0.5) is 4.79 Å². The molecule has 7 heteroatoms. The van der Waals surface area contributed by atoms with Crippen LogP contribution in [-0.2, 0) is 19.6 Å². The number of amides is 2. The Balaban J connectivity index is 1.75. The van der Waals surface area contributed by atoms with E-state index in [0.29, 0.717) is 26.2 Å². The van der Waals surface area contributed by atoms with Crippen LogP contribution in [-0.4, -0.2) is 39.1 Å². The van der Waals surface area contributed by atoms with E-state index in [-0.39, 0.29) is 6.03 Å². The molecule has 1 N–H and O–H groups in total. The topological polar surface area (TPSA) is 72.3 Å². The normalized spacial score (nSPS) is 10.5. The first kappa shape index (κ1) is 19.4.